The summed E-state index contributed by atoms with van der Waals surface area (Å²) < 4.78 is 0. The Morgan fingerprint density at radius 3 is 2.71 bits per heavy atom. The van der Waals surface area contributed by atoms with E-state index in [4.69, 9.17) is 5.73 Å². The molecule has 4 N–H and O–H groups in total. The number of amides is 1. The number of nitrogens with two attached hydrogens (primary N) is 1. The number of β-amino-alcohol motifs (C(OH)–C–C–N with tert-alkyl or cyclic N) is 1. The molecule has 2 rings (SSSR count). The van der Waals surface area contributed by atoms with Gasteiger partial charge in [0.25, 0.3) is 0 Å². The maximum atomic E-state index is 12.3. The summed E-state index contributed by atoms with van der Waals surface area (Å²) in [6.07, 6.45) is 1.70. The quantitative estimate of drug-likeness (QED) is 0.782. The zero-order chi connectivity index (χ0) is 15.5. The van der Waals surface area contributed by atoms with Crippen LogP contribution in [0.4, 0.5) is 5.69 Å². The third kappa shape index (κ3) is 4.27. The molecule has 2 atom stereocenters. The lowest BCUT2D eigenvalue weighted by atomic mass is 9.94. The van der Waals surface area contributed by atoms with Crippen molar-refractivity contribution in [3.05, 3.63) is 29.8 Å². The van der Waals surface area contributed by atoms with Gasteiger partial charge in [0.1, 0.15) is 0 Å². The highest BCUT2D eigenvalue weighted by atomic mass is 16.3. The summed E-state index contributed by atoms with van der Waals surface area (Å²) >= 11 is 0. The van der Waals surface area contributed by atoms with E-state index in [1.807, 2.05) is 43.0 Å². The Morgan fingerprint density at radius 2 is 2.14 bits per heavy atom. The molecule has 0 saturated carbocycles. The maximum absolute atomic E-state index is 12.3. The van der Waals surface area contributed by atoms with Crippen molar-refractivity contribution >= 4 is 11.6 Å². The zero-order valence-corrected chi connectivity index (χ0v) is 12.8. The average molecular weight is 291 g/mol. The van der Waals surface area contributed by atoms with E-state index < -0.39 is 5.60 Å². The highest BCUT2D eigenvalue weighted by Gasteiger charge is 2.32. The molecular formula is C16H25N3O2. The van der Waals surface area contributed by atoms with Gasteiger partial charge in [-0.25, -0.2) is 0 Å². The highest BCUT2D eigenvalue weighted by Crippen LogP contribution is 2.22. The highest BCUT2D eigenvalue weighted by molar-refractivity contribution is 5.94. The van der Waals surface area contributed by atoms with E-state index in [0.29, 0.717) is 13.1 Å². The Hall–Kier alpha value is -1.43. The third-order valence-electron chi connectivity index (χ3n) is 4.09. The molecule has 1 aromatic rings. The molecule has 1 saturated heterocycles. The summed E-state index contributed by atoms with van der Waals surface area (Å²) in [6.45, 7) is 5.58. The average Bonchev–Trinajstić information content (AvgIpc) is 2.46. The molecule has 21 heavy (non-hydrogen) atoms. The predicted molar refractivity (Wildman–Crippen MR) is 83.9 cm³/mol. The maximum Gasteiger partial charge on any atom is 0.241 e. The largest absolute Gasteiger partial charge is 0.389 e. The van der Waals surface area contributed by atoms with Crippen molar-refractivity contribution < 1.29 is 9.90 Å². The van der Waals surface area contributed by atoms with Gasteiger partial charge >= 0.3 is 0 Å². The SMILES string of the molecule is CC(C(=O)Nc1ccc(CN)cc1)N1CCCC(C)(O)C1. The lowest BCUT2D eigenvalue weighted by Crippen LogP contribution is -2.52. The van der Waals surface area contributed by atoms with Gasteiger partial charge in [-0.1, -0.05) is 12.1 Å². The van der Waals surface area contributed by atoms with Crippen LogP contribution < -0.4 is 11.1 Å². The second-order valence-corrected chi connectivity index (χ2v) is 6.14. The summed E-state index contributed by atoms with van der Waals surface area (Å²) in [5.41, 5.74) is 6.66. The molecule has 1 amide bonds. The molecule has 1 aliphatic heterocycles. The normalized spacial score (nSPS) is 24.6. The molecule has 2 unspecified atom stereocenters. The number of carbonyl (C=O) groups is 1. The van der Waals surface area contributed by atoms with Crippen LogP contribution in [0.15, 0.2) is 24.3 Å². The molecule has 1 aromatic carbocycles. The van der Waals surface area contributed by atoms with E-state index in [2.05, 4.69) is 5.32 Å². The van der Waals surface area contributed by atoms with Crippen molar-refractivity contribution in [2.75, 3.05) is 18.4 Å². The Labute approximate surface area is 126 Å². The molecule has 0 aromatic heterocycles. The molecule has 0 bridgehead atoms. The smallest absolute Gasteiger partial charge is 0.241 e. The number of benzene rings is 1. The summed E-state index contributed by atoms with van der Waals surface area (Å²) in [6, 6.07) is 7.28. The van der Waals surface area contributed by atoms with Gasteiger partial charge in [-0.2, -0.15) is 0 Å². The van der Waals surface area contributed by atoms with Crippen molar-refractivity contribution in [2.24, 2.45) is 5.73 Å². The van der Waals surface area contributed by atoms with Crippen LogP contribution in [0.2, 0.25) is 0 Å². The Morgan fingerprint density at radius 1 is 1.48 bits per heavy atom. The molecule has 5 heteroatoms. The fraction of sp³-hybridized carbons (Fsp3) is 0.562. The van der Waals surface area contributed by atoms with Crippen LogP contribution in [0, 0.1) is 0 Å². The van der Waals surface area contributed by atoms with Crippen LogP contribution >= 0.6 is 0 Å². The van der Waals surface area contributed by atoms with Crippen molar-refractivity contribution in [1.29, 1.82) is 0 Å². The summed E-state index contributed by atoms with van der Waals surface area (Å²) in [7, 11) is 0. The molecule has 1 fully saturated rings. The first kappa shape index (κ1) is 15.9. The van der Waals surface area contributed by atoms with E-state index in [1.54, 1.807) is 0 Å². The van der Waals surface area contributed by atoms with Gasteiger partial charge in [-0.05, 0) is 50.9 Å². The molecule has 0 spiro atoms. The van der Waals surface area contributed by atoms with Crippen LogP contribution in [0.25, 0.3) is 0 Å². The monoisotopic (exact) mass is 291 g/mol. The molecule has 1 heterocycles. The predicted octanol–water partition coefficient (Wildman–Crippen LogP) is 1.32. The van der Waals surface area contributed by atoms with Gasteiger partial charge in [0, 0.05) is 18.8 Å². The number of anilines is 1. The fourth-order valence-electron chi connectivity index (χ4n) is 2.73. The summed E-state index contributed by atoms with van der Waals surface area (Å²) in [4.78, 5) is 14.4. The minimum atomic E-state index is -0.699. The van der Waals surface area contributed by atoms with Crippen LogP contribution in [0.1, 0.15) is 32.3 Å². The zero-order valence-electron chi connectivity index (χ0n) is 12.8. The van der Waals surface area contributed by atoms with Crippen molar-refractivity contribution in [1.82, 2.24) is 4.90 Å². The van der Waals surface area contributed by atoms with Crippen LogP contribution in [-0.4, -0.2) is 40.6 Å². The molecule has 0 radical (unpaired) electrons. The Kier molecular flexibility index (Phi) is 4.98. The Balaban J connectivity index is 1.95. The van der Waals surface area contributed by atoms with Crippen molar-refractivity contribution in [2.45, 2.75) is 44.9 Å². The van der Waals surface area contributed by atoms with Crippen molar-refractivity contribution in [3.8, 4) is 0 Å². The number of piperidine rings is 1. The second kappa shape index (κ2) is 6.56. The number of likely N-dealkylation sites (tertiary alicyclic amines) is 1. The van der Waals surface area contributed by atoms with Crippen molar-refractivity contribution in [3.63, 3.8) is 0 Å². The lowest BCUT2D eigenvalue weighted by molar-refractivity contribution is -0.123. The van der Waals surface area contributed by atoms with Gasteiger partial charge in [0.2, 0.25) is 5.91 Å². The second-order valence-electron chi connectivity index (χ2n) is 6.14. The molecule has 0 aliphatic carbocycles. The van der Waals surface area contributed by atoms with Gasteiger partial charge in [-0.15, -0.1) is 0 Å². The number of hydrogen-bond acceptors (Lipinski definition) is 4. The number of nitrogens with zero attached hydrogens (tertiary/aromatic N) is 1. The number of rotatable bonds is 4. The molecule has 1 aliphatic rings. The number of aliphatic hydroxyl groups is 1. The topological polar surface area (TPSA) is 78.6 Å². The lowest BCUT2D eigenvalue weighted by Gasteiger charge is -2.39. The van der Waals surface area contributed by atoms with E-state index in [0.717, 1.165) is 30.6 Å². The van der Waals surface area contributed by atoms with E-state index >= 15 is 0 Å². The van der Waals surface area contributed by atoms with Gasteiger partial charge in [-0.3, -0.25) is 9.69 Å². The first-order valence-electron chi connectivity index (χ1n) is 7.47. The summed E-state index contributed by atoms with van der Waals surface area (Å²) in [5.74, 6) is -0.0480. The van der Waals surface area contributed by atoms with E-state index in [-0.39, 0.29) is 11.9 Å². The summed E-state index contributed by atoms with van der Waals surface area (Å²) in [5, 5.41) is 13.1. The van der Waals surface area contributed by atoms with Gasteiger partial charge in [0.15, 0.2) is 0 Å². The minimum Gasteiger partial charge on any atom is -0.389 e. The van der Waals surface area contributed by atoms with E-state index in [1.165, 1.54) is 0 Å². The van der Waals surface area contributed by atoms with Crippen LogP contribution in [0.3, 0.4) is 0 Å². The van der Waals surface area contributed by atoms with E-state index in [9.17, 15) is 9.90 Å². The Bertz CT molecular complexity index is 485. The number of carbonyl (C=O) groups excluding carboxylic acids is 1. The molecular weight excluding hydrogens is 266 g/mol. The standard InChI is InChI=1S/C16H25N3O2/c1-12(19-9-3-8-16(2,21)11-19)15(20)18-14-6-4-13(10-17)5-7-14/h4-7,12,21H,3,8-11,17H2,1-2H3,(H,18,20). The fourth-order valence-corrected chi connectivity index (χ4v) is 2.73. The number of hydrogen-bond donors (Lipinski definition) is 3. The molecule has 116 valence electrons. The minimum absolute atomic E-state index is 0.0480. The van der Waals surface area contributed by atoms with Gasteiger partial charge in [0.05, 0.1) is 11.6 Å². The van der Waals surface area contributed by atoms with Gasteiger partial charge < -0.3 is 16.2 Å². The first-order chi connectivity index (χ1) is 9.91. The first-order valence-corrected chi connectivity index (χ1v) is 7.47. The molecule has 5 nitrogen and oxygen atoms in total. The van der Waals surface area contributed by atoms with Crippen LogP contribution in [-0.2, 0) is 11.3 Å². The number of nitrogens with one attached hydrogen (secondary N) is 1. The third-order valence-corrected chi connectivity index (χ3v) is 4.09. The van der Waals surface area contributed by atoms with Crippen LogP contribution in [0.5, 0.6) is 0 Å².